The number of carbonyl (C=O) groups is 4. The van der Waals surface area contributed by atoms with Crippen LogP contribution in [0.2, 0.25) is 0 Å². The van der Waals surface area contributed by atoms with Gasteiger partial charge in [0.1, 0.15) is 10.0 Å². The molecule has 0 radical (unpaired) electrons. The van der Waals surface area contributed by atoms with Crippen molar-refractivity contribution >= 4 is 79.8 Å². The molecular formula is C40H36N14O8S2. The first-order valence-electron chi connectivity index (χ1n) is 18.7. The number of aromatic carboxylic acids is 4. The first-order chi connectivity index (χ1) is 30.1. The summed E-state index contributed by atoms with van der Waals surface area (Å²) in [5, 5.41) is 83.2. The Morgan fingerprint density at radius 3 is 1.19 bits per heavy atom. The summed E-state index contributed by atoms with van der Waals surface area (Å²) in [6, 6.07) is 14.4. The second kappa shape index (κ2) is 16.6. The van der Waals surface area contributed by atoms with E-state index in [1.807, 2.05) is 59.7 Å². The van der Waals surface area contributed by atoms with E-state index in [9.17, 15) is 39.6 Å². The number of rotatable bonds is 12. The van der Waals surface area contributed by atoms with E-state index < -0.39 is 34.7 Å². The van der Waals surface area contributed by atoms with Gasteiger partial charge in [-0.2, -0.15) is 10.2 Å². The third-order valence-electron chi connectivity index (χ3n) is 9.18. The van der Waals surface area contributed by atoms with E-state index >= 15 is 0 Å². The number of nitrogens with two attached hydrogens (primary N) is 2. The minimum absolute atomic E-state index is 0.00603. The first kappa shape index (κ1) is 44.0. The minimum Gasteiger partial charge on any atom is -0.478 e. The Balaban J connectivity index is 1.14. The lowest BCUT2D eigenvalue weighted by molar-refractivity contribution is 0.0676. The van der Waals surface area contributed by atoms with E-state index in [1.165, 1.54) is 33.6 Å². The van der Waals surface area contributed by atoms with Crippen LogP contribution >= 0.6 is 22.7 Å². The van der Waals surface area contributed by atoms with Gasteiger partial charge in [-0.15, -0.1) is 40.9 Å². The maximum Gasteiger partial charge on any atom is 0.335 e. The van der Waals surface area contributed by atoms with Gasteiger partial charge in [0.05, 0.1) is 45.0 Å². The van der Waals surface area contributed by atoms with Crippen molar-refractivity contribution in [3.05, 3.63) is 94.3 Å². The van der Waals surface area contributed by atoms with Gasteiger partial charge in [0.2, 0.25) is 0 Å². The number of anilines is 2. The smallest absolute Gasteiger partial charge is 0.335 e. The maximum absolute atomic E-state index is 11.8. The average molecular weight is 905 g/mol. The Kier molecular flexibility index (Phi) is 11.4. The molecule has 0 atom stereocenters. The zero-order valence-corrected chi connectivity index (χ0v) is 36.2. The average Bonchev–Trinajstić information content (AvgIpc) is 4.04. The van der Waals surface area contributed by atoms with Crippen LogP contribution in [0.15, 0.2) is 81.1 Å². The van der Waals surface area contributed by atoms with Crippen LogP contribution in [0.25, 0.3) is 32.5 Å². The van der Waals surface area contributed by atoms with Gasteiger partial charge in [-0.1, -0.05) is 82.4 Å². The summed E-state index contributed by atoms with van der Waals surface area (Å²) >= 11 is 2.27. The van der Waals surface area contributed by atoms with Crippen LogP contribution in [0.3, 0.4) is 0 Å². The van der Waals surface area contributed by atoms with E-state index in [0.29, 0.717) is 32.5 Å². The molecule has 64 heavy (non-hydrogen) atoms. The van der Waals surface area contributed by atoms with Crippen molar-refractivity contribution in [2.24, 2.45) is 20.5 Å². The summed E-state index contributed by atoms with van der Waals surface area (Å²) in [6.07, 6.45) is 0. The molecule has 326 valence electrons. The summed E-state index contributed by atoms with van der Waals surface area (Å²) in [5.41, 5.74) is 13.5. The molecule has 22 nitrogen and oxygen atoms in total. The van der Waals surface area contributed by atoms with Crippen LogP contribution in [-0.2, 0) is 10.8 Å². The molecule has 4 aromatic heterocycles. The second-order valence-corrected chi connectivity index (χ2v) is 17.9. The van der Waals surface area contributed by atoms with Gasteiger partial charge in [0, 0.05) is 22.0 Å². The van der Waals surface area contributed by atoms with E-state index in [0.717, 1.165) is 34.8 Å². The van der Waals surface area contributed by atoms with Crippen LogP contribution in [0, 0.1) is 0 Å². The van der Waals surface area contributed by atoms with Crippen molar-refractivity contribution in [2.45, 2.75) is 52.4 Å². The van der Waals surface area contributed by atoms with Crippen molar-refractivity contribution in [2.75, 3.05) is 11.5 Å². The fraction of sp³-hybridized carbons (Fsp3) is 0.200. The van der Waals surface area contributed by atoms with Crippen molar-refractivity contribution in [1.82, 2.24) is 40.0 Å². The zero-order valence-electron chi connectivity index (χ0n) is 34.5. The molecule has 4 heterocycles. The SMILES string of the molecule is CC(C)(C)c1nn(-c2cc(C(=O)O)cc(C(=O)O)c2)c(N)c1N=Nc1nnc(-c2cccc(-c3nnc(N=Nc4c(C(C)(C)C)nn(-c5cc(C(=O)O)cc(C(=O)O)c5)c4N)s3)c2)s1. The zero-order chi connectivity index (χ0) is 46.4. The lowest BCUT2D eigenvalue weighted by atomic mass is 9.91. The molecule has 0 unspecified atom stereocenters. The highest BCUT2D eigenvalue weighted by atomic mass is 32.1. The summed E-state index contributed by atoms with van der Waals surface area (Å²) in [6.45, 7) is 11.2. The van der Waals surface area contributed by atoms with E-state index in [4.69, 9.17) is 11.5 Å². The molecule has 0 aliphatic carbocycles. The van der Waals surface area contributed by atoms with Crippen molar-refractivity contribution < 1.29 is 39.6 Å². The Bertz CT molecular complexity index is 2830. The molecule has 24 heteroatoms. The normalized spacial score (nSPS) is 12.1. The molecule has 0 saturated carbocycles. The quantitative estimate of drug-likeness (QED) is 0.0626. The van der Waals surface area contributed by atoms with Crippen LogP contribution < -0.4 is 11.5 Å². The summed E-state index contributed by atoms with van der Waals surface area (Å²) in [4.78, 5) is 47.1. The van der Waals surface area contributed by atoms with E-state index in [1.54, 1.807) is 6.07 Å². The van der Waals surface area contributed by atoms with Crippen LogP contribution in [0.4, 0.5) is 33.3 Å². The standard InChI is InChI=1S/C40H36N14O8S2/c1-39(2,3)27-25(29(41)53(51-27)23-13-19(33(55)56)11-20(14-23)34(57)58)43-47-37-49-45-31(63-37)17-8-7-9-18(10-17)32-46-50-38(64-32)48-44-26-28(40(4,5)6)52-54(30(26)42)24-15-21(35(59)60)12-22(16-24)36(61)62/h7-16H,41-42H2,1-6H3,(H,55,56)(H,57,58)(H,59,60)(H,61,62). The maximum atomic E-state index is 11.8. The molecule has 0 amide bonds. The highest BCUT2D eigenvalue weighted by Gasteiger charge is 2.29. The molecule has 7 aromatic rings. The van der Waals surface area contributed by atoms with Crippen molar-refractivity contribution in [3.8, 4) is 32.5 Å². The molecule has 0 spiro atoms. The third kappa shape index (κ3) is 8.93. The Hall–Kier alpha value is -8.12. The fourth-order valence-corrected chi connectivity index (χ4v) is 7.45. The number of aromatic nitrogens is 8. The number of hydrogen-bond acceptors (Lipinski definition) is 18. The van der Waals surface area contributed by atoms with E-state index in [-0.39, 0.29) is 66.9 Å². The Labute approximate surface area is 369 Å². The van der Waals surface area contributed by atoms with E-state index in [2.05, 4.69) is 51.0 Å². The Morgan fingerprint density at radius 2 is 0.875 bits per heavy atom. The second-order valence-electron chi connectivity index (χ2n) is 16.0. The van der Waals surface area contributed by atoms with Gasteiger partial charge in [-0.05, 0) is 42.5 Å². The van der Waals surface area contributed by atoms with Gasteiger partial charge in [0.15, 0.2) is 23.0 Å². The largest absolute Gasteiger partial charge is 0.478 e. The molecular weight excluding hydrogens is 869 g/mol. The van der Waals surface area contributed by atoms with Gasteiger partial charge in [0.25, 0.3) is 10.3 Å². The number of azo groups is 2. The molecule has 3 aromatic carbocycles. The fourth-order valence-electron chi connectivity index (χ4n) is 6.12. The molecule has 8 N–H and O–H groups in total. The van der Waals surface area contributed by atoms with Crippen molar-refractivity contribution in [1.29, 1.82) is 0 Å². The van der Waals surface area contributed by atoms with Crippen LogP contribution in [0.1, 0.15) is 94.4 Å². The molecule has 0 bridgehead atoms. The predicted molar refractivity (Wildman–Crippen MR) is 234 cm³/mol. The lowest BCUT2D eigenvalue weighted by Gasteiger charge is -2.15. The molecule has 0 fully saturated rings. The van der Waals surface area contributed by atoms with Gasteiger partial charge >= 0.3 is 23.9 Å². The first-order valence-corrected chi connectivity index (χ1v) is 20.4. The highest BCUT2D eigenvalue weighted by molar-refractivity contribution is 7.18. The molecule has 0 saturated heterocycles. The van der Waals surface area contributed by atoms with Gasteiger partial charge in [-0.25, -0.2) is 28.5 Å². The van der Waals surface area contributed by atoms with Crippen molar-refractivity contribution in [3.63, 3.8) is 0 Å². The topological polar surface area (TPSA) is 338 Å². The third-order valence-corrected chi connectivity index (χ3v) is 10.9. The predicted octanol–water partition coefficient (Wildman–Crippen LogP) is 8.48. The van der Waals surface area contributed by atoms with Crippen LogP contribution in [-0.4, -0.2) is 84.3 Å². The number of benzene rings is 3. The number of carboxylic acid groups (broad SMARTS) is 4. The van der Waals surface area contributed by atoms with Gasteiger partial charge in [-0.3, -0.25) is 0 Å². The highest BCUT2D eigenvalue weighted by Crippen LogP contribution is 2.41. The number of carboxylic acids is 4. The summed E-state index contributed by atoms with van der Waals surface area (Å²) in [7, 11) is 0. The van der Waals surface area contributed by atoms with Gasteiger partial charge < -0.3 is 31.9 Å². The summed E-state index contributed by atoms with van der Waals surface area (Å²) in [5.74, 6) is -5.32. The number of hydrogen-bond donors (Lipinski definition) is 6. The minimum atomic E-state index is -1.33. The number of nitrogens with zero attached hydrogens (tertiary/aromatic N) is 12. The molecule has 0 aliphatic heterocycles. The summed E-state index contributed by atoms with van der Waals surface area (Å²) < 4.78 is 2.45. The number of nitrogen functional groups attached to an aromatic ring is 2. The monoisotopic (exact) mass is 904 g/mol. The molecule has 0 aliphatic rings. The Morgan fingerprint density at radius 1 is 0.531 bits per heavy atom. The molecule has 7 rings (SSSR count). The van der Waals surface area contributed by atoms with Crippen LogP contribution in [0.5, 0.6) is 0 Å². The lowest BCUT2D eigenvalue weighted by Crippen LogP contribution is -2.13.